The molecule has 0 unspecified atom stereocenters. The van der Waals surface area contributed by atoms with E-state index in [1.807, 2.05) is 0 Å². The molecule has 148 valence electrons. The van der Waals surface area contributed by atoms with Gasteiger partial charge in [0.15, 0.2) is 5.78 Å². The summed E-state index contributed by atoms with van der Waals surface area (Å²) in [6.45, 7) is 1.48. The fourth-order valence-corrected chi connectivity index (χ4v) is 2.58. The van der Waals surface area contributed by atoms with Crippen LogP contribution in [0, 0.1) is 0 Å². The summed E-state index contributed by atoms with van der Waals surface area (Å²) < 4.78 is 39.1. The van der Waals surface area contributed by atoms with E-state index in [0.29, 0.717) is 16.9 Å². The molecule has 0 bridgehead atoms. The molecule has 0 fully saturated rings. The third-order valence-corrected chi connectivity index (χ3v) is 4.06. The summed E-state index contributed by atoms with van der Waals surface area (Å²) >= 11 is 0. The minimum atomic E-state index is -4.58. The van der Waals surface area contributed by atoms with Crippen LogP contribution in [0.3, 0.4) is 0 Å². The second-order valence-corrected chi connectivity index (χ2v) is 6.19. The van der Waals surface area contributed by atoms with E-state index >= 15 is 0 Å². The third-order valence-electron chi connectivity index (χ3n) is 4.06. The molecular weight excluding hydrogens is 383 g/mol. The Bertz CT molecular complexity index is 1030. The van der Waals surface area contributed by atoms with E-state index in [1.54, 1.807) is 30.3 Å². The number of nitrogens with zero attached hydrogens (tertiary/aromatic N) is 1. The van der Waals surface area contributed by atoms with Gasteiger partial charge in [-0.2, -0.15) is 13.2 Å². The Labute approximate surface area is 164 Å². The first-order valence-electron chi connectivity index (χ1n) is 8.56. The van der Waals surface area contributed by atoms with Crippen molar-refractivity contribution >= 4 is 28.8 Å². The van der Waals surface area contributed by atoms with E-state index < -0.39 is 17.6 Å². The predicted molar refractivity (Wildman–Crippen MR) is 103 cm³/mol. The number of carbonyl (C=O) groups excluding carboxylic acids is 2. The average molecular weight is 399 g/mol. The topological polar surface area (TPSA) is 71.1 Å². The van der Waals surface area contributed by atoms with E-state index in [1.165, 1.54) is 37.4 Å². The largest absolute Gasteiger partial charge is 0.418 e. The predicted octanol–water partition coefficient (Wildman–Crippen LogP) is 5.30. The van der Waals surface area contributed by atoms with Gasteiger partial charge in [0.1, 0.15) is 5.69 Å². The monoisotopic (exact) mass is 399 g/mol. The number of para-hydroxylation sites is 1. The van der Waals surface area contributed by atoms with Crippen molar-refractivity contribution in [2.24, 2.45) is 0 Å². The number of benzene rings is 2. The summed E-state index contributed by atoms with van der Waals surface area (Å²) in [6.07, 6.45) is -3.19. The summed E-state index contributed by atoms with van der Waals surface area (Å²) in [4.78, 5) is 27.6. The Morgan fingerprint density at radius 3 is 2.14 bits per heavy atom. The van der Waals surface area contributed by atoms with Gasteiger partial charge >= 0.3 is 6.18 Å². The van der Waals surface area contributed by atoms with Gasteiger partial charge in [-0.1, -0.05) is 12.1 Å². The van der Waals surface area contributed by atoms with E-state index in [2.05, 4.69) is 15.6 Å². The van der Waals surface area contributed by atoms with Crippen molar-refractivity contribution in [3.8, 4) is 0 Å². The summed E-state index contributed by atoms with van der Waals surface area (Å²) in [5.41, 5.74) is 0.584. The minimum Gasteiger partial charge on any atom is -0.354 e. The van der Waals surface area contributed by atoms with Crippen molar-refractivity contribution in [2.45, 2.75) is 13.1 Å². The lowest BCUT2D eigenvalue weighted by atomic mass is 10.1. The summed E-state index contributed by atoms with van der Waals surface area (Å²) in [5, 5.41) is 5.31. The van der Waals surface area contributed by atoms with Gasteiger partial charge in [0.25, 0.3) is 5.91 Å². The molecule has 0 aliphatic rings. The van der Waals surface area contributed by atoms with Crippen molar-refractivity contribution in [2.75, 3.05) is 10.6 Å². The first kappa shape index (κ1) is 20.1. The zero-order chi connectivity index (χ0) is 21.0. The maximum absolute atomic E-state index is 13.0. The highest BCUT2D eigenvalue weighted by molar-refractivity contribution is 6.03. The maximum atomic E-state index is 13.0. The number of carbonyl (C=O) groups is 2. The van der Waals surface area contributed by atoms with Crippen molar-refractivity contribution in [3.63, 3.8) is 0 Å². The number of halogens is 3. The lowest BCUT2D eigenvalue weighted by molar-refractivity contribution is -0.136. The summed E-state index contributed by atoms with van der Waals surface area (Å²) in [6, 6.07) is 14.5. The van der Waals surface area contributed by atoms with Gasteiger partial charge < -0.3 is 10.6 Å². The molecule has 5 nitrogen and oxygen atoms in total. The third kappa shape index (κ3) is 4.98. The van der Waals surface area contributed by atoms with Crippen LogP contribution >= 0.6 is 0 Å². The molecule has 3 aromatic rings. The number of pyridine rings is 1. The lowest BCUT2D eigenvalue weighted by Crippen LogP contribution is -2.17. The van der Waals surface area contributed by atoms with Gasteiger partial charge in [-0.25, -0.2) is 4.98 Å². The van der Waals surface area contributed by atoms with E-state index in [0.717, 1.165) is 6.07 Å². The minimum absolute atomic E-state index is 0.0283. The first-order chi connectivity index (χ1) is 13.7. The van der Waals surface area contributed by atoms with Crippen LogP contribution in [0.15, 0.2) is 66.9 Å². The molecule has 1 heterocycles. The van der Waals surface area contributed by atoms with Crippen molar-refractivity contribution in [1.29, 1.82) is 0 Å². The average Bonchev–Trinajstić information content (AvgIpc) is 2.68. The highest BCUT2D eigenvalue weighted by Gasteiger charge is 2.33. The van der Waals surface area contributed by atoms with Crippen molar-refractivity contribution in [3.05, 3.63) is 83.7 Å². The first-order valence-corrected chi connectivity index (χ1v) is 8.56. The smallest absolute Gasteiger partial charge is 0.354 e. The number of ketones is 1. The Balaban J connectivity index is 1.70. The van der Waals surface area contributed by atoms with Crippen LogP contribution in [0.1, 0.15) is 33.3 Å². The van der Waals surface area contributed by atoms with Gasteiger partial charge in [0, 0.05) is 11.3 Å². The molecule has 0 saturated heterocycles. The van der Waals surface area contributed by atoms with Crippen LogP contribution < -0.4 is 10.6 Å². The van der Waals surface area contributed by atoms with Gasteiger partial charge in [-0.15, -0.1) is 0 Å². The quantitative estimate of drug-likeness (QED) is 0.571. The molecule has 1 amide bonds. The Kier molecular flexibility index (Phi) is 5.63. The van der Waals surface area contributed by atoms with Crippen LogP contribution in [0.2, 0.25) is 0 Å². The van der Waals surface area contributed by atoms with Crippen LogP contribution in [0.4, 0.5) is 30.2 Å². The van der Waals surface area contributed by atoms with Gasteiger partial charge in [0.2, 0.25) is 0 Å². The molecule has 0 radical (unpaired) electrons. The molecule has 29 heavy (non-hydrogen) atoms. The van der Waals surface area contributed by atoms with Crippen LogP contribution in [0.25, 0.3) is 0 Å². The summed E-state index contributed by atoms with van der Waals surface area (Å²) in [5.74, 6) is -0.792. The molecule has 0 atom stereocenters. The van der Waals surface area contributed by atoms with Crippen molar-refractivity contribution < 1.29 is 22.8 Å². The number of anilines is 3. The standard InChI is InChI=1S/C21H16F3N3O2/c1-13(28)14-6-8-15(9-7-14)26-16-10-11-19(25-12-16)20(29)27-18-5-3-2-4-17(18)21(22,23)24/h2-12,26H,1H3,(H,27,29). The number of alkyl halides is 3. The van der Waals surface area contributed by atoms with Gasteiger partial charge in [-0.05, 0) is 55.5 Å². The number of hydrogen-bond acceptors (Lipinski definition) is 4. The van der Waals surface area contributed by atoms with Gasteiger partial charge in [-0.3, -0.25) is 9.59 Å². The van der Waals surface area contributed by atoms with Crippen LogP contribution in [0.5, 0.6) is 0 Å². The van der Waals surface area contributed by atoms with E-state index in [9.17, 15) is 22.8 Å². The number of rotatable bonds is 5. The van der Waals surface area contributed by atoms with Crippen molar-refractivity contribution in [1.82, 2.24) is 4.98 Å². The second kappa shape index (κ2) is 8.14. The maximum Gasteiger partial charge on any atom is 0.418 e. The zero-order valence-electron chi connectivity index (χ0n) is 15.2. The highest BCUT2D eigenvalue weighted by atomic mass is 19.4. The number of hydrogen-bond donors (Lipinski definition) is 2. The molecule has 0 aliphatic heterocycles. The Hall–Kier alpha value is -3.68. The molecule has 2 N–H and O–H groups in total. The number of amides is 1. The molecular formula is C21H16F3N3O2. The summed E-state index contributed by atoms with van der Waals surface area (Å²) in [7, 11) is 0. The highest BCUT2D eigenvalue weighted by Crippen LogP contribution is 2.34. The van der Waals surface area contributed by atoms with E-state index in [4.69, 9.17) is 0 Å². The molecule has 0 aliphatic carbocycles. The fourth-order valence-electron chi connectivity index (χ4n) is 2.58. The van der Waals surface area contributed by atoms with Gasteiger partial charge in [0.05, 0.1) is 23.1 Å². The second-order valence-electron chi connectivity index (χ2n) is 6.19. The molecule has 8 heteroatoms. The normalized spacial score (nSPS) is 11.0. The molecule has 0 spiro atoms. The zero-order valence-corrected chi connectivity index (χ0v) is 15.2. The molecule has 3 rings (SSSR count). The van der Waals surface area contributed by atoms with E-state index in [-0.39, 0.29) is 17.2 Å². The Morgan fingerprint density at radius 2 is 1.55 bits per heavy atom. The SMILES string of the molecule is CC(=O)c1ccc(Nc2ccc(C(=O)Nc3ccccc3C(F)(F)F)nc2)cc1. The van der Waals surface area contributed by atoms with Crippen LogP contribution in [-0.2, 0) is 6.18 Å². The fraction of sp³-hybridized carbons (Fsp3) is 0.0952. The lowest BCUT2D eigenvalue weighted by Gasteiger charge is -2.13. The Morgan fingerprint density at radius 1 is 0.897 bits per heavy atom. The molecule has 2 aromatic carbocycles. The molecule has 1 aromatic heterocycles. The molecule has 0 saturated carbocycles. The number of nitrogens with one attached hydrogen (secondary N) is 2. The number of aromatic nitrogens is 1. The van der Waals surface area contributed by atoms with Crippen LogP contribution in [-0.4, -0.2) is 16.7 Å². The number of Topliss-reactive ketones (excluding diaryl/α,β-unsaturated/α-hetero) is 1.